The second-order valence-electron chi connectivity index (χ2n) is 2.60. The molecule has 0 saturated heterocycles. The van der Waals surface area contributed by atoms with E-state index in [0.29, 0.717) is 6.42 Å². The average Bonchev–Trinajstić information content (AvgIpc) is 1.85. The summed E-state index contributed by atoms with van der Waals surface area (Å²) in [4.78, 5) is 32.1. The van der Waals surface area contributed by atoms with Crippen LogP contribution in [0.25, 0.3) is 0 Å². The number of ketones is 2. The Balaban J connectivity index is 4.41. The van der Waals surface area contributed by atoms with E-state index < -0.39 is 23.5 Å². The van der Waals surface area contributed by atoms with Gasteiger partial charge >= 0.3 is 5.97 Å². The first-order chi connectivity index (χ1) is 5.50. The number of hydrogen-bond donors (Lipinski definition) is 1. The molecule has 0 spiro atoms. The summed E-state index contributed by atoms with van der Waals surface area (Å²) in [6, 6.07) is 0. The molecule has 1 unspecified atom stereocenters. The molecule has 0 aromatic rings. The first-order valence-electron chi connectivity index (χ1n) is 3.76. The number of carbonyl (C=O) groups excluding carboxylic acids is 2. The van der Waals surface area contributed by atoms with Crippen molar-refractivity contribution in [3.05, 3.63) is 0 Å². The first kappa shape index (κ1) is 10.8. The van der Waals surface area contributed by atoms with Crippen molar-refractivity contribution in [2.75, 3.05) is 0 Å². The lowest BCUT2D eigenvalue weighted by Crippen LogP contribution is -2.29. The predicted octanol–water partition coefficient (Wildman–Crippen LogP) is 0.645. The highest BCUT2D eigenvalue weighted by Crippen LogP contribution is 2.05. The fourth-order valence-corrected chi connectivity index (χ4v) is 0.929. The Morgan fingerprint density at radius 1 is 1.33 bits per heavy atom. The predicted molar refractivity (Wildman–Crippen MR) is 41.7 cm³/mol. The minimum Gasteiger partial charge on any atom is -0.480 e. The fraction of sp³-hybridized carbons (Fsp3) is 0.625. The van der Waals surface area contributed by atoms with Crippen molar-refractivity contribution < 1.29 is 19.5 Å². The zero-order valence-corrected chi connectivity index (χ0v) is 7.16. The van der Waals surface area contributed by atoms with Crippen LogP contribution in [0, 0.1) is 5.92 Å². The number of carboxylic acid groups (broad SMARTS) is 1. The Hall–Kier alpha value is -1.19. The van der Waals surface area contributed by atoms with Gasteiger partial charge in [0.15, 0.2) is 17.5 Å². The van der Waals surface area contributed by atoms with Crippen molar-refractivity contribution in [3.8, 4) is 0 Å². The largest absolute Gasteiger partial charge is 0.480 e. The third kappa shape index (κ3) is 2.82. The van der Waals surface area contributed by atoms with Gasteiger partial charge in [0.05, 0.1) is 0 Å². The Morgan fingerprint density at radius 2 is 1.83 bits per heavy atom. The molecule has 0 rings (SSSR count). The molecular weight excluding hydrogens is 160 g/mol. The molecule has 0 aliphatic rings. The maximum absolute atomic E-state index is 11.0. The Kier molecular flexibility index (Phi) is 4.18. The van der Waals surface area contributed by atoms with Gasteiger partial charge in [0.1, 0.15) is 0 Å². The number of Topliss-reactive ketones (excluding diaryl/α,β-unsaturated/α-hetero) is 2. The molecule has 0 aromatic carbocycles. The highest BCUT2D eigenvalue weighted by atomic mass is 16.4. The van der Waals surface area contributed by atoms with Gasteiger partial charge in [-0.15, -0.1) is 0 Å². The second-order valence-corrected chi connectivity index (χ2v) is 2.60. The molecule has 0 aliphatic carbocycles. The van der Waals surface area contributed by atoms with Crippen LogP contribution < -0.4 is 0 Å². The third-order valence-corrected chi connectivity index (χ3v) is 1.47. The Labute approximate surface area is 70.6 Å². The normalized spacial score (nSPS) is 12.2. The summed E-state index contributed by atoms with van der Waals surface area (Å²) >= 11 is 0. The van der Waals surface area contributed by atoms with E-state index in [9.17, 15) is 14.4 Å². The van der Waals surface area contributed by atoms with Crippen molar-refractivity contribution in [2.24, 2.45) is 5.92 Å². The van der Waals surface area contributed by atoms with Gasteiger partial charge in [-0.2, -0.15) is 0 Å². The maximum atomic E-state index is 11.0. The minimum absolute atomic E-state index is 0.149. The van der Waals surface area contributed by atoms with Crippen LogP contribution in [-0.4, -0.2) is 22.6 Å². The molecule has 1 N–H and O–H groups in total. The van der Waals surface area contributed by atoms with Crippen LogP contribution in [-0.2, 0) is 14.4 Å². The van der Waals surface area contributed by atoms with Crippen LogP contribution in [0.4, 0.5) is 0 Å². The Bertz CT molecular complexity index is 193. The number of hydrogen-bond acceptors (Lipinski definition) is 3. The molecule has 68 valence electrons. The van der Waals surface area contributed by atoms with Crippen LogP contribution in [0.3, 0.4) is 0 Å². The lowest BCUT2D eigenvalue weighted by Gasteiger charge is -2.05. The average molecular weight is 172 g/mol. The standard InChI is InChI=1S/C8H12O4/c1-3-4-6(10)7(5(2)9)8(11)12/h7H,3-4H2,1-2H3,(H,11,12). The van der Waals surface area contributed by atoms with Gasteiger partial charge in [0.25, 0.3) is 0 Å². The Morgan fingerprint density at radius 3 is 2.08 bits per heavy atom. The monoisotopic (exact) mass is 172 g/mol. The number of carbonyl (C=O) groups is 3. The molecule has 0 amide bonds. The summed E-state index contributed by atoms with van der Waals surface area (Å²) in [6.45, 7) is 2.88. The van der Waals surface area contributed by atoms with Crippen molar-refractivity contribution >= 4 is 17.5 Å². The number of rotatable bonds is 5. The highest BCUT2D eigenvalue weighted by molar-refractivity contribution is 6.15. The summed E-state index contributed by atoms with van der Waals surface area (Å²) in [5.74, 6) is -3.90. The van der Waals surface area contributed by atoms with Crippen LogP contribution in [0.5, 0.6) is 0 Å². The molecule has 0 heterocycles. The van der Waals surface area contributed by atoms with E-state index in [1.54, 1.807) is 6.92 Å². The van der Waals surface area contributed by atoms with Gasteiger partial charge in [-0.25, -0.2) is 0 Å². The van der Waals surface area contributed by atoms with E-state index in [1.807, 2.05) is 0 Å². The quantitative estimate of drug-likeness (QED) is 0.618. The van der Waals surface area contributed by atoms with Crippen molar-refractivity contribution in [2.45, 2.75) is 26.7 Å². The van der Waals surface area contributed by atoms with Gasteiger partial charge in [0.2, 0.25) is 0 Å². The SMILES string of the molecule is CCCC(=O)C(C(C)=O)C(=O)O. The van der Waals surface area contributed by atoms with Gasteiger partial charge in [-0.3, -0.25) is 14.4 Å². The van der Waals surface area contributed by atoms with E-state index in [0.717, 1.165) is 6.92 Å². The van der Waals surface area contributed by atoms with Crippen molar-refractivity contribution in [3.63, 3.8) is 0 Å². The second kappa shape index (κ2) is 4.64. The van der Waals surface area contributed by atoms with Crippen LogP contribution in [0.15, 0.2) is 0 Å². The lowest BCUT2D eigenvalue weighted by molar-refractivity contribution is -0.149. The zero-order chi connectivity index (χ0) is 9.72. The van der Waals surface area contributed by atoms with Crippen LogP contribution in [0.2, 0.25) is 0 Å². The van der Waals surface area contributed by atoms with E-state index in [4.69, 9.17) is 5.11 Å². The zero-order valence-electron chi connectivity index (χ0n) is 7.16. The van der Waals surface area contributed by atoms with Crippen molar-refractivity contribution in [1.29, 1.82) is 0 Å². The molecule has 1 atom stereocenters. The molecule has 0 bridgehead atoms. The number of carboxylic acids is 1. The smallest absolute Gasteiger partial charge is 0.321 e. The number of aliphatic carboxylic acids is 1. The van der Waals surface area contributed by atoms with E-state index >= 15 is 0 Å². The first-order valence-corrected chi connectivity index (χ1v) is 3.76. The van der Waals surface area contributed by atoms with Gasteiger partial charge < -0.3 is 5.11 Å². The molecule has 12 heavy (non-hydrogen) atoms. The van der Waals surface area contributed by atoms with E-state index in [1.165, 1.54) is 0 Å². The van der Waals surface area contributed by atoms with E-state index in [-0.39, 0.29) is 6.42 Å². The van der Waals surface area contributed by atoms with Gasteiger partial charge in [-0.05, 0) is 13.3 Å². The van der Waals surface area contributed by atoms with Crippen LogP contribution >= 0.6 is 0 Å². The van der Waals surface area contributed by atoms with Gasteiger partial charge in [-0.1, -0.05) is 6.92 Å². The molecule has 4 nitrogen and oxygen atoms in total. The summed E-state index contributed by atoms with van der Waals surface area (Å²) < 4.78 is 0. The maximum Gasteiger partial charge on any atom is 0.321 e. The van der Waals surface area contributed by atoms with Gasteiger partial charge in [0, 0.05) is 6.42 Å². The summed E-state index contributed by atoms with van der Waals surface area (Å²) in [7, 11) is 0. The molecule has 0 saturated carbocycles. The highest BCUT2D eigenvalue weighted by Gasteiger charge is 2.29. The summed E-state index contributed by atoms with van der Waals surface area (Å²) in [5.41, 5.74) is 0. The topological polar surface area (TPSA) is 71.4 Å². The van der Waals surface area contributed by atoms with Crippen molar-refractivity contribution in [1.82, 2.24) is 0 Å². The summed E-state index contributed by atoms with van der Waals surface area (Å²) in [6.07, 6.45) is 0.715. The minimum atomic E-state index is -1.45. The molecule has 4 heteroatoms. The molecule has 0 radical (unpaired) electrons. The molecule has 0 aromatic heterocycles. The van der Waals surface area contributed by atoms with E-state index in [2.05, 4.69) is 0 Å². The fourth-order valence-electron chi connectivity index (χ4n) is 0.929. The van der Waals surface area contributed by atoms with Crippen LogP contribution in [0.1, 0.15) is 26.7 Å². The molecular formula is C8H12O4. The summed E-state index contributed by atoms with van der Waals surface area (Å²) in [5, 5.41) is 8.50. The third-order valence-electron chi connectivity index (χ3n) is 1.47. The molecule has 0 fully saturated rings. The lowest BCUT2D eigenvalue weighted by atomic mass is 9.97. The molecule has 0 aliphatic heterocycles.